The molecular formula is C15H10Cl2NO4S-. The molecule has 0 radical (unpaired) electrons. The van der Waals surface area contributed by atoms with E-state index in [4.69, 9.17) is 23.2 Å². The number of sulfonamides is 1. The first-order valence-corrected chi connectivity index (χ1v) is 8.83. The van der Waals surface area contributed by atoms with Gasteiger partial charge in [-0.3, -0.25) is 4.31 Å². The molecule has 2 aromatic rings. The monoisotopic (exact) mass is 370 g/mol. The lowest BCUT2D eigenvalue weighted by atomic mass is 10.2. The Balaban J connectivity index is 2.15. The van der Waals surface area contributed by atoms with E-state index in [9.17, 15) is 18.3 Å². The second kappa shape index (κ2) is 5.70. The quantitative estimate of drug-likeness (QED) is 0.828. The van der Waals surface area contributed by atoms with Crippen molar-refractivity contribution in [2.45, 2.75) is 11.3 Å². The minimum Gasteiger partial charge on any atom is -0.545 e. The summed E-state index contributed by atoms with van der Waals surface area (Å²) in [6, 6.07) is 9.16. The second-order valence-electron chi connectivity index (χ2n) is 5.01. The van der Waals surface area contributed by atoms with Crippen LogP contribution in [0.2, 0.25) is 10.0 Å². The molecule has 0 aromatic heterocycles. The smallest absolute Gasteiger partial charge is 0.265 e. The van der Waals surface area contributed by atoms with Crippen LogP contribution in [0.15, 0.2) is 41.3 Å². The molecule has 2 aromatic carbocycles. The van der Waals surface area contributed by atoms with Gasteiger partial charge in [0.1, 0.15) is 4.90 Å². The molecule has 0 amide bonds. The normalized spacial score (nSPS) is 13.9. The summed E-state index contributed by atoms with van der Waals surface area (Å²) in [5.41, 5.74) is 1.05. The van der Waals surface area contributed by atoms with E-state index in [-0.39, 0.29) is 21.5 Å². The highest BCUT2D eigenvalue weighted by molar-refractivity contribution is 7.93. The van der Waals surface area contributed by atoms with E-state index in [0.29, 0.717) is 12.1 Å². The zero-order valence-electron chi connectivity index (χ0n) is 11.6. The number of fused-ring (bicyclic) bond motifs is 1. The van der Waals surface area contributed by atoms with Crippen LogP contribution in [0.5, 0.6) is 0 Å². The predicted octanol–water partition coefficient (Wildman–Crippen LogP) is 2.11. The maximum absolute atomic E-state index is 12.9. The zero-order chi connectivity index (χ0) is 16.8. The molecule has 0 saturated carbocycles. The zero-order valence-corrected chi connectivity index (χ0v) is 14.0. The average Bonchev–Trinajstić information content (AvgIpc) is 2.91. The van der Waals surface area contributed by atoms with Gasteiger partial charge in [-0.25, -0.2) is 8.42 Å². The number of hydrogen-bond donors (Lipinski definition) is 0. The van der Waals surface area contributed by atoms with E-state index in [2.05, 4.69) is 0 Å². The van der Waals surface area contributed by atoms with Crippen molar-refractivity contribution in [3.8, 4) is 0 Å². The summed E-state index contributed by atoms with van der Waals surface area (Å²) < 4.78 is 27.0. The van der Waals surface area contributed by atoms with Gasteiger partial charge in [0.15, 0.2) is 0 Å². The largest absolute Gasteiger partial charge is 0.545 e. The van der Waals surface area contributed by atoms with Crippen LogP contribution in [0.4, 0.5) is 5.69 Å². The SMILES string of the molecule is O=C([O-])c1cc(S(=O)(=O)N2CCc3ccccc32)c(Cl)cc1Cl. The molecule has 0 N–H and O–H groups in total. The van der Waals surface area contributed by atoms with Gasteiger partial charge in [0.2, 0.25) is 0 Å². The van der Waals surface area contributed by atoms with Gasteiger partial charge in [-0.2, -0.15) is 0 Å². The molecule has 0 bridgehead atoms. The molecule has 1 aliphatic rings. The number of nitrogens with zero attached hydrogens (tertiary/aromatic N) is 1. The van der Waals surface area contributed by atoms with Gasteiger partial charge in [0, 0.05) is 12.1 Å². The number of halogens is 2. The minimum absolute atomic E-state index is 0.135. The number of anilines is 1. The van der Waals surface area contributed by atoms with Crippen LogP contribution in [0, 0.1) is 0 Å². The van der Waals surface area contributed by atoms with Crippen LogP contribution in [0.25, 0.3) is 0 Å². The van der Waals surface area contributed by atoms with E-state index in [1.54, 1.807) is 12.1 Å². The Hall–Kier alpha value is -1.76. The summed E-state index contributed by atoms with van der Waals surface area (Å²) in [4.78, 5) is 10.8. The summed E-state index contributed by atoms with van der Waals surface area (Å²) >= 11 is 11.8. The number of carboxylic acids is 1. The lowest BCUT2D eigenvalue weighted by Gasteiger charge is -2.21. The summed E-state index contributed by atoms with van der Waals surface area (Å²) in [5, 5.41) is 10.8. The Bertz CT molecular complexity index is 912. The lowest BCUT2D eigenvalue weighted by molar-refractivity contribution is -0.255. The maximum Gasteiger partial charge on any atom is 0.265 e. The molecule has 8 heteroatoms. The molecule has 0 aliphatic carbocycles. The number of carboxylic acid groups (broad SMARTS) is 1. The van der Waals surface area contributed by atoms with E-state index >= 15 is 0 Å². The Labute approximate surface area is 143 Å². The van der Waals surface area contributed by atoms with Gasteiger partial charge < -0.3 is 9.90 Å². The molecule has 0 atom stereocenters. The fraction of sp³-hybridized carbons (Fsp3) is 0.133. The number of benzene rings is 2. The first kappa shape index (κ1) is 16.1. The van der Waals surface area contributed by atoms with Crippen molar-refractivity contribution < 1.29 is 18.3 Å². The standard InChI is InChI=1S/C15H11Cl2NO4S/c16-11-8-12(17)14(7-10(11)15(19)20)23(21,22)18-6-5-9-3-1-2-4-13(9)18/h1-4,7-8H,5-6H2,(H,19,20)/p-1. The van der Waals surface area contributed by atoms with Gasteiger partial charge in [-0.05, 0) is 30.2 Å². The predicted molar refractivity (Wildman–Crippen MR) is 85.5 cm³/mol. The minimum atomic E-state index is -4.00. The molecule has 3 rings (SSSR count). The molecule has 23 heavy (non-hydrogen) atoms. The molecule has 1 heterocycles. The average molecular weight is 371 g/mol. The van der Waals surface area contributed by atoms with Crippen LogP contribution in [0.3, 0.4) is 0 Å². The molecule has 0 fully saturated rings. The number of hydrogen-bond acceptors (Lipinski definition) is 4. The number of carbonyl (C=O) groups is 1. The Morgan fingerprint density at radius 2 is 1.83 bits per heavy atom. The van der Waals surface area contributed by atoms with Crippen molar-refractivity contribution in [3.63, 3.8) is 0 Å². The molecular weight excluding hydrogens is 361 g/mol. The van der Waals surface area contributed by atoms with Crippen molar-refractivity contribution in [2.24, 2.45) is 0 Å². The van der Waals surface area contributed by atoms with Gasteiger partial charge in [-0.1, -0.05) is 41.4 Å². The second-order valence-corrected chi connectivity index (χ2v) is 7.65. The topological polar surface area (TPSA) is 77.5 Å². The summed E-state index contributed by atoms with van der Waals surface area (Å²) in [6.45, 7) is 0.265. The Morgan fingerprint density at radius 1 is 1.13 bits per heavy atom. The summed E-state index contributed by atoms with van der Waals surface area (Å²) in [7, 11) is -4.00. The van der Waals surface area contributed by atoms with Crippen molar-refractivity contribution in [3.05, 3.63) is 57.6 Å². The molecule has 1 aliphatic heterocycles. The fourth-order valence-electron chi connectivity index (χ4n) is 2.56. The van der Waals surface area contributed by atoms with E-state index in [1.807, 2.05) is 12.1 Å². The number of carbonyl (C=O) groups excluding carboxylic acids is 1. The maximum atomic E-state index is 12.9. The van der Waals surface area contributed by atoms with Gasteiger partial charge in [0.05, 0.1) is 21.7 Å². The van der Waals surface area contributed by atoms with Crippen molar-refractivity contribution in [1.82, 2.24) is 0 Å². The third-order valence-electron chi connectivity index (χ3n) is 3.65. The van der Waals surface area contributed by atoms with Gasteiger partial charge in [-0.15, -0.1) is 0 Å². The van der Waals surface area contributed by atoms with Crippen molar-refractivity contribution >= 4 is 44.9 Å². The highest BCUT2D eigenvalue weighted by atomic mass is 35.5. The molecule has 0 unspecified atom stereocenters. The van der Waals surface area contributed by atoms with Gasteiger partial charge in [0.25, 0.3) is 10.0 Å². The van der Waals surface area contributed by atoms with E-state index in [1.165, 1.54) is 4.31 Å². The summed E-state index contributed by atoms with van der Waals surface area (Å²) in [6.07, 6.45) is 0.577. The number of para-hydroxylation sites is 1. The van der Waals surface area contributed by atoms with Crippen LogP contribution in [0.1, 0.15) is 15.9 Å². The lowest BCUT2D eigenvalue weighted by Crippen LogP contribution is -2.30. The summed E-state index contributed by atoms with van der Waals surface area (Å²) in [5.74, 6) is -1.56. The first-order chi connectivity index (χ1) is 10.8. The van der Waals surface area contributed by atoms with Crippen molar-refractivity contribution in [2.75, 3.05) is 10.8 Å². The molecule has 0 spiro atoms. The van der Waals surface area contributed by atoms with E-state index < -0.39 is 21.6 Å². The van der Waals surface area contributed by atoms with Crippen LogP contribution >= 0.6 is 23.2 Å². The third-order valence-corrected chi connectivity index (χ3v) is 6.24. The van der Waals surface area contributed by atoms with Crippen LogP contribution < -0.4 is 9.41 Å². The van der Waals surface area contributed by atoms with Crippen LogP contribution in [-0.4, -0.2) is 20.9 Å². The molecule has 5 nitrogen and oxygen atoms in total. The van der Waals surface area contributed by atoms with E-state index in [0.717, 1.165) is 17.7 Å². The Kier molecular flexibility index (Phi) is 4.00. The number of rotatable bonds is 3. The van der Waals surface area contributed by atoms with Crippen LogP contribution in [-0.2, 0) is 16.4 Å². The number of aromatic carboxylic acids is 1. The molecule has 0 saturated heterocycles. The Morgan fingerprint density at radius 3 is 2.52 bits per heavy atom. The molecule has 120 valence electrons. The highest BCUT2D eigenvalue weighted by Gasteiger charge is 2.32. The van der Waals surface area contributed by atoms with Crippen molar-refractivity contribution in [1.29, 1.82) is 0 Å². The third kappa shape index (κ3) is 2.67. The fourth-order valence-corrected chi connectivity index (χ4v) is 4.89. The first-order valence-electron chi connectivity index (χ1n) is 6.63. The highest BCUT2D eigenvalue weighted by Crippen LogP contribution is 2.36. The van der Waals surface area contributed by atoms with Gasteiger partial charge >= 0.3 is 0 Å².